The number of ether oxygens (including phenoxy) is 1. The molecule has 0 aromatic heterocycles. The van der Waals surface area contributed by atoms with Crippen LogP contribution in [0.4, 0.5) is 8.78 Å². The fourth-order valence-corrected chi connectivity index (χ4v) is 2.76. The number of rotatable bonds is 6. The van der Waals surface area contributed by atoms with Gasteiger partial charge in [-0.05, 0) is 31.9 Å². The van der Waals surface area contributed by atoms with Crippen LogP contribution in [0.15, 0.2) is 18.2 Å². The summed E-state index contributed by atoms with van der Waals surface area (Å²) in [4.78, 5) is 0. The van der Waals surface area contributed by atoms with Crippen molar-refractivity contribution in [3.63, 3.8) is 0 Å². The van der Waals surface area contributed by atoms with Crippen molar-refractivity contribution in [2.75, 3.05) is 13.2 Å². The number of halogens is 2. The second-order valence-electron chi connectivity index (χ2n) is 5.44. The number of hydrogen-bond donors (Lipinski definition) is 1. The number of hydrogen-bond acceptors (Lipinski definition) is 2. The molecule has 20 heavy (non-hydrogen) atoms. The maximum absolute atomic E-state index is 13.6. The largest absolute Gasteiger partial charge is 0.377 e. The second-order valence-corrected chi connectivity index (χ2v) is 5.44. The van der Waals surface area contributed by atoms with E-state index in [1.54, 1.807) is 6.92 Å². The van der Waals surface area contributed by atoms with Gasteiger partial charge in [-0.3, -0.25) is 0 Å². The van der Waals surface area contributed by atoms with E-state index in [9.17, 15) is 8.78 Å². The van der Waals surface area contributed by atoms with Gasteiger partial charge in [0, 0.05) is 18.2 Å². The zero-order valence-corrected chi connectivity index (χ0v) is 12.0. The molecule has 2 rings (SSSR count). The molecule has 1 atom stereocenters. The Kier molecular flexibility index (Phi) is 5.92. The summed E-state index contributed by atoms with van der Waals surface area (Å²) in [6, 6.07) is 3.60. The molecule has 1 aromatic rings. The predicted molar refractivity (Wildman–Crippen MR) is 75.6 cm³/mol. The molecule has 1 N–H and O–H groups in total. The topological polar surface area (TPSA) is 21.3 Å². The summed E-state index contributed by atoms with van der Waals surface area (Å²) in [5.41, 5.74) is 0.102. The Hall–Kier alpha value is -1.00. The fourth-order valence-electron chi connectivity index (χ4n) is 2.76. The molecular formula is C16H23F2NO. The van der Waals surface area contributed by atoms with E-state index >= 15 is 0 Å². The van der Waals surface area contributed by atoms with Crippen LogP contribution in [0.25, 0.3) is 0 Å². The highest BCUT2D eigenvalue weighted by Crippen LogP contribution is 2.21. The lowest BCUT2D eigenvalue weighted by Gasteiger charge is -2.22. The molecular weight excluding hydrogens is 260 g/mol. The van der Waals surface area contributed by atoms with Crippen molar-refractivity contribution in [3.8, 4) is 0 Å². The Labute approximate surface area is 119 Å². The predicted octanol–water partition coefficient (Wildman–Crippen LogP) is 3.96. The van der Waals surface area contributed by atoms with Crippen LogP contribution >= 0.6 is 0 Å². The quantitative estimate of drug-likeness (QED) is 0.798. The van der Waals surface area contributed by atoms with Crippen molar-refractivity contribution in [1.82, 2.24) is 5.32 Å². The summed E-state index contributed by atoms with van der Waals surface area (Å²) in [5.74, 6) is -1.00. The number of nitrogens with one attached hydrogen (secondary N) is 1. The molecule has 0 amide bonds. The van der Waals surface area contributed by atoms with Crippen LogP contribution < -0.4 is 5.32 Å². The van der Waals surface area contributed by atoms with E-state index in [-0.39, 0.29) is 11.6 Å². The Morgan fingerprint density at radius 2 is 1.85 bits per heavy atom. The Balaban J connectivity index is 1.73. The summed E-state index contributed by atoms with van der Waals surface area (Å²) in [5, 5.41) is 3.12. The van der Waals surface area contributed by atoms with Gasteiger partial charge in [-0.25, -0.2) is 8.78 Å². The summed E-state index contributed by atoms with van der Waals surface area (Å²) in [7, 11) is 0. The second kappa shape index (κ2) is 7.70. The molecule has 0 radical (unpaired) electrons. The maximum atomic E-state index is 13.6. The standard InChI is InChI=1S/C16H23F2NO/c1-12(16-14(17)8-5-9-15(16)18)19-10-11-20-13-6-3-2-4-7-13/h5,8-9,12-13,19H,2-4,6-7,10-11H2,1H3. The van der Waals surface area contributed by atoms with Gasteiger partial charge in [0.2, 0.25) is 0 Å². The third kappa shape index (κ3) is 4.25. The van der Waals surface area contributed by atoms with Crippen LogP contribution in [0, 0.1) is 11.6 Å². The lowest BCUT2D eigenvalue weighted by Crippen LogP contribution is -2.27. The minimum Gasteiger partial charge on any atom is -0.377 e. The minimum atomic E-state index is -0.502. The van der Waals surface area contributed by atoms with Crippen molar-refractivity contribution < 1.29 is 13.5 Å². The molecule has 2 nitrogen and oxygen atoms in total. The molecule has 0 spiro atoms. The monoisotopic (exact) mass is 283 g/mol. The molecule has 1 aromatic carbocycles. The molecule has 1 aliphatic rings. The molecule has 0 heterocycles. The van der Waals surface area contributed by atoms with Gasteiger partial charge in [0.1, 0.15) is 11.6 Å². The van der Waals surface area contributed by atoms with E-state index in [1.807, 2.05) is 0 Å². The molecule has 112 valence electrons. The first-order chi connectivity index (χ1) is 9.68. The fraction of sp³-hybridized carbons (Fsp3) is 0.625. The van der Waals surface area contributed by atoms with Gasteiger partial charge in [-0.1, -0.05) is 25.3 Å². The van der Waals surface area contributed by atoms with Crippen LogP contribution in [0.5, 0.6) is 0 Å². The lowest BCUT2D eigenvalue weighted by molar-refractivity contribution is 0.0294. The zero-order valence-electron chi connectivity index (χ0n) is 12.0. The van der Waals surface area contributed by atoms with E-state index in [2.05, 4.69) is 5.32 Å². The SMILES string of the molecule is CC(NCCOC1CCCCC1)c1c(F)cccc1F. The molecule has 1 unspecified atom stereocenters. The average Bonchev–Trinajstić information content (AvgIpc) is 2.44. The average molecular weight is 283 g/mol. The van der Waals surface area contributed by atoms with Crippen molar-refractivity contribution in [3.05, 3.63) is 35.4 Å². The Morgan fingerprint density at radius 3 is 2.50 bits per heavy atom. The summed E-state index contributed by atoms with van der Waals surface area (Å²) in [6.45, 7) is 2.96. The van der Waals surface area contributed by atoms with Gasteiger partial charge in [0.25, 0.3) is 0 Å². The lowest BCUT2D eigenvalue weighted by atomic mass is 9.98. The van der Waals surface area contributed by atoms with Gasteiger partial charge in [-0.15, -0.1) is 0 Å². The summed E-state index contributed by atoms with van der Waals surface area (Å²) < 4.78 is 33.0. The van der Waals surface area contributed by atoms with Crippen LogP contribution in [0.1, 0.15) is 50.6 Å². The van der Waals surface area contributed by atoms with Crippen LogP contribution in [-0.2, 0) is 4.74 Å². The molecule has 0 bridgehead atoms. The summed E-state index contributed by atoms with van der Waals surface area (Å²) >= 11 is 0. The van der Waals surface area contributed by atoms with Gasteiger partial charge < -0.3 is 10.1 Å². The highest BCUT2D eigenvalue weighted by Gasteiger charge is 2.16. The van der Waals surface area contributed by atoms with E-state index in [0.717, 1.165) is 12.8 Å². The van der Waals surface area contributed by atoms with Gasteiger partial charge in [0.15, 0.2) is 0 Å². The van der Waals surface area contributed by atoms with Crippen molar-refractivity contribution >= 4 is 0 Å². The van der Waals surface area contributed by atoms with Crippen molar-refractivity contribution in [1.29, 1.82) is 0 Å². The van der Waals surface area contributed by atoms with Gasteiger partial charge >= 0.3 is 0 Å². The van der Waals surface area contributed by atoms with Crippen LogP contribution in [-0.4, -0.2) is 19.3 Å². The van der Waals surface area contributed by atoms with Crippen molar-refractivity contribution in [2.24, 2.45) is 0 Å². The first kappa shape index (κ1) is 15.4. The molecule has 1 saturated carbocycles. The highest BCUT2D eigenvalue weighted by atomic mass is 19.1. The minimum absolute atomic E-state index is 0.102. The molecule has 1 aliphatic carbocycles. The van der Waals surface area contributed by atoms with Gasteiger partial charge in [-0.2, -0.15) is 0 Å². The summed E-state index contributed by atoms with van der Waals surface area (Å²) in [6.07, 6.45) is 6.44. The van der Waals surface area contributed by atoms with E-state index in [1.165, 1.54) is 37.5 Å². The third-order valence-electron chi connectivity index (χ3n) is 3.89. The van der Waals surface area contributed by atoms with E-state index in [4.69, 9.17) is 4.74 Å². The van der Waals surface area contributed by atoms with Crippen LogP contribution in [0.3, 0.4) is 0 Å². The smallest absolute Gasteiger partial charge is 0.130 e. The molecule has 0 aliphatic heterocycles. The van der Waals surface area contributed by atoms with E-state index < -0.39 is 11.6 Å². The zero-order chi connectivity index (χ0) is 14.4. The maximum Gasteiger partial charge on any atom is 0.130 e. The normalized spacial score (nSPS) is 18.1. The highest BCUT2D eigenvalue weighted by molar-refractivity contribution is 5.22. The van der Waals surface area contributed by atoms with Gasteiger partial charge in [0.05, 0.1) is 12.7 Å². The van der Waals surface area contributed by atoms with E-state index in [0.29, 0.717) is 19.3 Å². The van der Waals surface area contributed by atoms with Crippen molar-refractivity contribution in [2.45, 2.75) is 51.2 Å². The first-order valence-corrected chi connectivity index (χ1v) is 7.47. The first-order valence-electron chi connectivity index (χ1n) is 7.47. The molecule has 0 saturated heterocycles. The number of benzene rings is 1. The Bertz CT molecular complexity index is 399. The Morgan fingerprint density at radius 1 is 1.20 bits per heavy atom. The van der Waals surface area contributed by atoms with Crippen LogP contribution in [0.2, 0.25) is 0 Å². The molecule has 1 fully saturated rings. The molecule has 4 heteroatoms. The third-order valence-corrected chi connectivity index (χ3v) is 3.89.